The lowest BCUT2D eigenvalue weighted by Crippen LogP contribution is -2.58. The number of aliphatic hydroxyl groups excluding tert-OH is 1. The number of allylic oxidation sites excluding steroid dienone is 1. The predicted octanol–water partition coefficient (Wildman–Crippen LogP) is 5.03. The van der Waals surface area contributed by atoms with Gasteiger partial charge in [-0.2, -0.15) is 0 Å². The van der Waals surface area contributed by atoms with Crippen molar-refractivity contribution < 1.29 is 9.90 Å². The van der Waals surface area contributed by atoms with E-state index in [0.717, 1.165) is 32.1 Å². The zero-order chi connectivity index (χ0) is 17.3. The van der Waals surface area contributed by atoms with Crippen LogP contribution in [0.15, 0.2) is 11.6 Å². The van der Waals surface area contributed by atoms with Gasteiger partial charge >= 0.3 is 0 Å². The normalized spacial score (nSPS) is 53.6. The van der Waals surface area contributed by atoms with E-state index in [1.807, 2.05) is 0 Å². The number of carbonyl (C=O) groups is 1. The molecule has 24 heavy (non-hydrogen) atoms. The minimum absolute atomic E-state index is 0.144. The maximum atomic E-state index is 12.2. The summed E-state index contributed by atoms with van der Waals surface area (Å²) >= 11 is 4.29. The van der Waals surface area contributed by atoms with Crippen molar-refractivity contribution in [2.45, 2.75) is 82.6 Å². The fourth-order valence-electron chi connectivity index (χ4n) is 7.32. The van der Waals surface area contributed by atoms with Gasteiger partial charge in [0.2, 0.25) is 0 Å². The Morgan fingerprint density at radius 2 is 1.92 bits per heavy atom. The van der Waals surface area contributed by atoms with E-state index < -0.39 is 0 Å². The first-order chi connectivity index (χ1) is 11.2. The van der Waals surface area contributed by atoms with Crippen molar-refractivity contribution >= 4 is 21.7 Å². The van der Waals surface area contributed by atoms with Gasteiger partial charge in [0, 0.05) is 10.2 Å². The molecule has 4 rings (SSSR count). The number of Topliss-reactive ketones (excluding diaryl/α,β-unsaturated/α-hetero) is 1. The zero-order valence-corrected chi connectivity index (χ0v) is 16.9. The average Bonchev–Trinajstić information content (AvgIpc) is 2.87. The highest BCUT2D eigenvalue weighted by Crippen LogP contribution is 2.70. The smallest absolute Gasteiger partial charge is 0.133 e. The molecule has 7 unspecified atom stereocenters. The number of halogens is 1. The Morgan fingerprint density at radius 1 is 1.17 bits per heavy atom. The van der Waals surface area contributed by atoms with Crippen LogP contribution in [0.1, 0.15) is 72.1 Å². The number of rotatable bonds is 1. The molecule has 3 saturated carbocycles. The summed E-state index contributed by atoms with van der Waals surface area (Å²) in [5, 5.41) is 10.1. The van der Waals surface area contributed by atoms with Crippen molar-refractivity contribution in [3.8, 4) is 0 Å². The van der Waals surface area contributed by atoms with Crippen LogP contribution in [0, 0.1) is 28.6 Å². The van der Waals surface area contributed by atoms with Crippen LogP contribution in [-0.2, 0) is 4.79 Å². The number of hydrogen-bond donors (Lipinski definition) is 1. The molecule has 7 atom stereocenters. The average molecular weight is 395 g/mol. The maximum absolute atomic E-state index is 12.2. The van der Waals surface area contributed by atoms with Gasteiger partial charge < -0.3 is 5.11 Å². The molecule has 0 bridgehead atoms. The largest absolute Gasteiger partial charge is 0.393 e. The SMILES string of the molecule is CC(=O)C1CCC2C1(C)CCC1C3(C)CCC(O)CC3=CCC12Br. The van der Waals surface area contributed by atoms with Crippen LogP contribution in [0.25, 0.3) is 0 Å². The summed E-state index contributed by atoms with van der Waals surface area (Å²) in [5.41, 5.74) is 1.91. The van der Waals surface area contributed by atoms with E-state index in [9.17, 15) is 9.90 Å². The fourth-order valence-corrected chi connectivity index (χ4v) is 8.97. The van der Waals surface area contributed by atoms with Gasteiger partial charge in [0.1, 0.15) is 5.78 Å². The number of alkyl halides is 1. The first-order valence-electron chi connectivity index (χ1n) is 9.79. The molecule has 0 amide bonds. The van der Waals surface area contributed by atoms with Gasteiger partial charge in [-0.25, -0.2) is 0 Å². The van der Waals surface area contributed by atoms with Gasteiger partial charge in [-0.15, -0.1) is 0 Å². The Hall–Kier alpha value is -0.150. The van der Waals surface area contributed by atoms with Gasteiger partial charge in [-0.1, -0.05) is 41.4 Å². The maximum Gasteiger partial charge on any atom is 0.133 e. The second kappa shape index (κ2) is 5.42. The van der Waals surface area contributed by atoms with Crippen molar-refractivity contribution in [3.63, 3.8) is 0 Å². The first-order valence-corrected chi connectivity index (χ1v) is 10.6. The minimum atomic E-state index is -0.144. The van der Waals surface area contributed by atoms with E-state index in [4.69, 9.17) is 0 Å². The van der Waals surface area contributed by atoms with E-state index in [0.29, 0.717) is 17.6 Å². The second-order valence-corrected chi connectivity index (χ2v) is 11.0. The molecule has 0 heterocycles. The van der Waals surface area contributed by atoms with E-state index in [2.05, 4.69) is 35.9 Å². The van der Waals surface area contributed by atoms with Crippen LogP contribution in [-0.4, -0.2) is 21.3 Å². The third-order valence-corrected chi connectivity index (χ3v) is 10.0. The molecule has 0 aromatic carbocycles. The first kappa shape index (κ1) is 17.3. The molecule has 1 N–H and O–H groups in total. The summed E-state index contributed by atoms with van der Waals surface area (Å²) < 4.78 is 0.144. The van der Waals surface area contributed by atoms with Crippen molar-refractivity contribution in [2.75, 3.05) is 0 Å². The molecule has 0 spiro atoms. The molecule has 3 heteroatoms. The molecular weight excluding hydrogens is 364 g/mol. The quantitative estimate of drug-likeness (QED) is 0.499. The topological polar surface area (TPSA) is 37.3 Å². The van der Waals surface area contributed by atoms with Crippen molar-refractivity contribution in [1.29, 1.82) is 0 Å². The Balaban J connectivity index is 1.73. The monoisotopic (exact) mass is 394 g/mol. The summed E-state index contributed by atoms with van der Waals surface area (Å²) in [6, 6.07) is 0. The third-order valence-electron chi connectivity index (χ3n) is 8.57. The van der Waals surface area contributed by atoms with Gasteiger partial charge in [0.25, 0.3) is 0 Å². The van der Waals surface area contributed by atoms with Crippen LogP contribution in [0.3, 0.4) is 0 Å². The van der Waals surface area contributed by atoms with Crippen molar-refractivity contribution in [1.82, 2.24) is 0 Å². The van der Waals surface area contributed by atoms with Crippen LogP contribution in [0.2, 0.25) is 0 Å². The molecule has 4 aliphatic rings. The molecule has 0 aliphatic heterocycles. The number of hydrogen-bond acceptors (Lipinski definition) is 2. The van der Waals surface area contributed by atoms with E-state index in [-0.39, 0.29) is 27.2 Å². The zero-order valence-electron chi connectivity index (χ0n) is 15.3. The highest BCUT2D eigenvalue weighted by atomic mass is 79.9. The number of ketones is 1. The van der Waals surface area contributed by atoms with Gasteiger partial charge in [0.15, 0.2) is 0 Å². The Kier molecular flexibility index (Phi) is 3.90. The summed E-state index contributed by atoms with van der Waals surface area (Å²) in [6.45, 7) is 6.64. The molecule has 0 aromatic rings. The Bertz CT molecular complexity index is 599. The molecule has 3 fully saturated rings. The predicted molar refractivity (Wildman–Crippen MR) is 100 cm³/mol. The highest BCUT2D eigenvalue weighted by molar-refractivity contribution is 9.10. The lowest BCUT2D eigenvalue weighted by molar-refractivity contribution is -0.126. The van der Waals surface area contributed by atoms with Gasteiger partial charge in [-0.3, -0.25) is 4.79 Å². The molecule has 0 saturated heterocycles. The Morgan fingerprint density at radius 3 is 2.62 bits per heavy atom. The van der Waals surface area contributed by atoms with Crippen LogP contribution in [0.5, 0.6) is 0 Å². The van der Waals surface area contributed by atoms with E-state index >= 15 is 0 Å². The highest BCUT2D eigenvalue weighted by Gasteiger charge is 2.65. The minimum Gasteiger partial charge on any atom is -0.393 e. The summed E-state index contributed by atoms with van der Waals surface area (Å²) in [4.78, 5) is 12.2. The van der Waals surface area contributed by atoms with Crippen molar-refractivity contribution in [3.05, 3.63) is 11.6 Å². The molecule has 134 valence electrons. The molecule has 0 aromatic heterocycles. The van der Waals surface area contributed by atoms with Crippen LogP contribution >= 0.6 is 15.9 Å². The van der Waals surface area contributed by atoms with Gasteiger partial charge in [-0.05, 0) is 81.0 Å². The summed E-state index contributed by atoms with van der Waals surface area (Å²) in [5.74, 6) is 1.89. The van der Waals surface area contributed by atoms with Gasteiger partial charge in [0.05, 0.1) is 6.10 Å². The number of aliphatic hydroxyl groups is 1. The standard InChI is InChI=1S/C21H31BrO2/c1-13(23)16-4-5-17-20(16,3)10-8-18-19(2)9-7-15(24)12-14(19)6-11-21(17,18)22/h6,15-18,24H,4-5,7-12H2,1-3H3. The third kappa shape index (κ3) is 2.13. The van der Waals surface area contributed by atoms with E-state index in [1.54, 1.807) is 6.92 Å². The van der Waals surface area contributed by atoms with Crippen LogP contribution < -0.4 is 0 Å². The van der Waals surface area contributed by atoms with Crippen molar-refractivity contribution in [2.24, 2.45) is 28.6 Å². The summed E-state index contributed by atoms with van der Waals surface area (Å²) in [6.07, 6.45) is 10.9. The molecule has 4 aliphatic carbocycles. The molecular formula is C21H31BrO2. The number of fused-ring (bicyclic) bond motifs is 5. The Labute approximate surface area is 154 Å². The van der Waals surface area contributed by atoms with E-state index in [1.165, 1.54) is 24.8 Å². The summed E-state index contributed by atoms with van der Waals surface area (Å²) in [7, 11) is 0. The fraction of sp³-hybridized carbons (Fsp3) is 0.857. The molecule has 2 nitrogen and oxygen atoms in total. The number of carbonyl (C=O) groups excluding carboxylic acids is 1. The van der Waals surface area contributed by atoms with Crippen LogP contribution in [0.4, 0.5) is 0 Å². The lowest BCUT2D eigenvalue weighted by atomic mass is 9.47. The second-order valence-electron chi connectivity index (χ2n) is 9.56. The lowest BCUT2D eigenvalue weighted by Gasteiger charge is -2.62. The molecule has 0 radical (unpaired) electrons.